The van der Waals surface area contributed by atoms with E-state index < -0.39 is 6.10 Å². The van der Waals surface area contributed by atoms with Gasteiger partial charge in [0.15, 0.2) is 0 Å². The van der Waals surface area contributed by atoms with Gasteiger partial charge < -0.3 is 9.67 Å². The third-order valence-electron chi connectivity index (χ3n) is 3.05. The lowest BCUT2D eigenvalue weighted by atomic mass is 10.1. The van der Waals surface area contributed by atoms with Crippen LogP contribution < -0.4 is 0 Å². The van der Waals surface area contributed by atoms with Crippen molar-refractivity contribution in [3.8, 4) is 0 Å². The zero-order valence-electron chi connectivity index (χ0n) is 10.9. The van der Waals surface area contributed by atoms with Crippen LogP contribution in [-0.2, 0) is 13.0 Å². The number of hydrogen-bond donors (Lipinski definition) is 1. The van der Waals surface area contributed by atoms with Gasteiger partial charge in [-0.15, -0.1) is 0 Å². The van der Waals surface area contributed by atoms with Crippen molar-refractivity contribution in [3.05, 3.63) is 47.8 Å². The Kier molecular flexibility index (Phi) is 4.10. The topological polar surface area (TPSA) is 50.9 Å². The molecule has 18 heavy (non-hydrogen) atoms. The highest BCUT2D eigenvalue weighted by Crippen LogP contribution is 2.19. The summed E-state index contributed by atoms with van der Waals surface area (Å²) in [5, 5.41) is 10.3. The Bertz CT molecular complexity index is 507. The Balaban J connectivity index is 2.14. The Morgan fingerprint density at radius 1 is 1.33 bits per heavy atom. The van der Waals surface area contributed by atoms with Gasteiger partial charge in [-0.2, -0.15) is 0 Å². The SMILES string of the molecule is CCCn1ccnc1CC(O)c1cccnc1C. The summed E-state index contributed by atoms with van der Waals surface area (Å²) in [6.45, 7) is 4.98. The van der Waals surface area contributed by atoms with Crippen LogP contribution >= 0.6 is 0 Å². The van der Waals surface area contributed by atoms with Crippen LogP contribution in [0.3, 0.4) is 0 Å². The largest absolute Gasteiger partial charge is 0.388 e. The number of aromatic nitrogens is 3. The lowest BCUT2D eigenvalue weighted by molar-refractivity contribution is 0.173. The van der Waals surface area contributed by atoms with Gasteiger partial charge in [-0.05, 0) is 19.4 Å². The van der Waals surface area contributed by atoms with E-state index in [0.717, 1.165) is 30.0 Å². The minimum atomic E-state index is -0.545. The highest BCUT2D eigenvalue weighted by atomic mass is 16.3. The van der Waals surface area contributed by atoms with Crippen LogP contribution in [0, 0.1) is 6.92 Å². The number of rotatable bonds is 5. The molecule has 0 fully saturated rings. The van der Waals surface area contributed by atoms with Crippen LogP contribution in [0.15, 0.2) is 30.7 Å². The number of aliphatic hydroxyl groups is 1. The van der Waals surface area contributed by atoms with Gasteiger partial charge in [0.05, 0.1) is 6.10 Å². The van der Waals surface area contributed by atoms with Gasteiger partial charge in [-0.1, -0.05) is 13.0 Å². The van der Waals surface area contributed by atoms with Gasteiger partial charge in [-0.25, -0.2) is 4.98 Å². The molecule has 2 rings (SSSR count). The van der Waals surface area contributed by atoms with Gasteiger partial charge in [0.1, 0.15) is 5.82 Å². The zero-order valence-corrected chi connectivity index (χ0v) is 10.9. The van der Waals surface area contributed by atoms with Crippen LogP contribution in [0.1, 0.15) is 36.5 Å². The van der Waals surface area contributed by atoms with Crippen molar-refractivity contribution in [1.82, 2.24) is 14.5 Å². The fraction of sp³-hybridized carbons (Fsp3) is 0.429. The maximum Gasteiger partial charge on any atom is 0.111 e. The molecule has 0 spiro atoms. The fourth-order valence-corrected chi connectivity index (χ4v) is 2.11. The molecule has 2 aromatic rings. The number of aryl methyl sites for hydroxylation is 2. The summed E-state index contributed by atoms with van der Waals surface area (Å²) in [5.74, 6) is 0.924. The van der Waals surface area contributed by atoms with E-state index in [1.807, 2.05) is 25.3 Å². The molecular formula is C14H19N3O. The Morgan fingerprint density at radius 2 is 2.17 bits per heavy atom. The molecule has 4 heteroatoms. The van der Waals surface area contributed by atoms with Crippen molar-refractivity contribution in [2.45, 2.75) is 39.3 Å². The highest BCUT2D eigenvalue weighted by molar-refractivity contribution is 5.22. The maximum absolute atomic E-state index is 10.3. The first-order chi connectivity index (χ1) is 8.72. The molecule has 0 amide bonds. The number of pyridine rings is 1. The second-order valence-corrected chi connectivity index (χ2v) is 4.43. The van der Waals surface area contributed by atoms with Gasteiger partial charge in [-0.3, -0.25) is 4.98 Å². The van der Waals surface area contributed by atoms with E-state index in [1.165, 1.54) is 0 Å². The monoisotopic (exact) mass is 245 g/mol. The van der Waals surface area contributed by atoms with Gasteiger partial charge in [0, 0.05) is 42.8 Å². The van der Waals surface area contributed by atoms with Gasteiger partial charge in [0.2, 0.25) is 0 Å². The van der Waals surface area contributed by atoms with Crippen molar-refractivity contribution < 1.29 is 5.11 Å². The number of nitrogens with zero attached hydrogens (tertiary/aromatic N) is 3. The highest BCUT2D eigenvalue weighted by Gasteiger charge is 2.14. The fourth-order valence-electron chi connectivity index (χ4n) is 2.11. The lowest BCUT2D eigenvalue weighted by Crippen LogP contribution is -2.10. The molecule has 0 saturated heterocycles. The molecule has 1 atom stereocenters. The van der Waals surface area contributed by atoms with E-state index >= 15 is 0 Å². The second kappa shape index (κ2) is 5.78. The van der Waals surface area contributed by atoms with E-state index in [0.29, 0.717) is 6.42 Å². The van der Waals surface area contributed by atoms with Crippen molar-refractivity contribution in [3.63, 3.8) is 0 Å². The first-order valence-electron chi connectivity index (χ1n) is 6.32. The Morgan fingerprint density at radius 3 is 2.89 bits per heavy atom. The minimum Gasteiger partial charge on any atom is -0.388 e. The van der Waals surface area contributed by atoms with Crippen LogP contribution in [0.25, 0.3) is 0 Å². The Hall–Kier alpha value is -1.68. The summed E-state index contributed by atoms with van der Waals surface area (Å²) in [5.41, 5.74) is 1.75. The van der Waals surface area contributed by atoms with Gasteiger partial charge >= 0.3 is 0 Å². The quantitative estimate of drug-likeness (QED) is 0.879. The lowest BCUT2D eigenvalue weighted by Gasteiger charge is -2.13. The smallest absolute Gasteiger partial charge is 0.111 e. The van der Waals surface area contributed by atoms with Crippen LogP contribution in [0.5, 0.6) is 0 Å². The number of hydrogen-bond acceptors (Lipinski definition) is 3. The Labute approximate surface area is 107 Å². The number of imidazole rings is 1. The molecule has 96 valence electrons. The standard InChI is InChI=1S/C14H19N3O/c1-3-8-17-9-7-16-14(17)10-13(18)12-5-4-6-15-11(12)2/h4-7,9,13,18H,3,8,10H2,1-2H3. The first kappa shape index (κ1) is 12.8. The predicted molar refractivity (Wildman–Crippen MR) is 70.2 cm³/mol. The van der Waals surface area contributed by atoms with Crippen molar-refractivity contribution in [2.75, 3.05) is 0 Å². The molecule has 2 heterocycles. The summed E-state index contributed by atoms with van der Waals surface area (Å²) in [4.78, 5) is 8.51. The molecule has 1 unspecified atom stereocenters. The van der Waals surface area contributed by atoms with Gasteiger partial charge in [0.25, 0.3) is 0 Å². The molecule has 4 nitrogen and oxygen atoms in total. The summed E-state index contributed by atoms with van der Waals surface area (Å²) in [6.07, 6.45) is 6.53. The molecule has 0 saturated carbocycles. The van der Waals surface area contributed by atoms with E-state index in [2.05, 4.69) is 21.5 Å². The van der Waals surface area contributed by atoms with E-state index in [9.17, 15) is 5.11 Å². The summed E-state index contributed by atoms with van der Waals surface area (Å²) in [7, 11) is 0. The second-order valence-electron chi connectivity index (χ2n) is 4.43. The average molecular weight is 245 g/mol. The van der Waals surface area contributed by atoms with Crippen LogP contribution in [-0.4, -0.2) is 19.6 Å². The zero-order chi connectivity index (χ0) is 13.0. The van der Waals surface area contributed by atoms with E-state index in [4.69, 9.17) is 0 Å². The molecule has 0 radical (unpaired) electrons. The molecular weight excluding hydrogens is 226 g/mol. The first-order valence-corrected chi connectivity index (χ1v) is 6.32. The molecule has 0 aliphatic rings. The third-order valence-corrected chi connectivity index (χ3v) is 3.05. The van der Waals surface area contributed by atoms with Crippen LogP contribution in [0.2, 0.25) is 0 Å². The molecule has 0 bridgehead atoms. The minimum absolute atomic E-state index is 0.527. The van der Waals surface area contributed by atoms with E-state index in [1.54, 1.807) is 12.4 Å². The van der Waals surface area contributed by atoms with Crippen molar-refractivity contribution in [1.29, 1.82) is 0 Å². The normalized spacial score (nSPS) is 12.6. The third kappa shape index (κ3) is 2.76. The molecule has 0 aromatic carbocycles. The van der Waals surface area contributed by atoms with Crippen LogP contribution in [0.4, 0.5) is 0 Å². The molecule has 1 N–H and O–H groups in total. The summed E-state index contributed by atoms with van der Waals surface area (Å²) in [6, 6.07) is 3.77. The number of aliphatic hydroxyl groups excluding tert-OH is 1. The van der Waals surface area contributed by atoms with E-state index in [-0.39, 0.29) is 0 Å². The summed E-state index contributed by atoms with van der Waals surface area (Å²) >= 11 is 0. The molecule has 0 aliphatic carbocycles. The molecule has 0 aliphatic heterocycles. The predicted octanol–water partition coefficient (Wildman–Crippen LogP) is 2.27. The molecule has 2 aromatic heterocycles. The summed E-state index contributed by atoms with van der Waals surface area (Å²) < 4.78 is 2.09. The average Bonchev–Trinajstić information content (AvgIpc) is 2.78. The van der Waals surface area contributed by atoms with Crippen molar-refractivity contribution in [2.24, 2.45) is 0 Å². The maximum atomic E-state index is 10.3. The van der Waals surface area contributed by atoms with Crippen molar-refractivity contribution >= 4 is 0 Å².